The summed E-state index contributed by atoms with van der Waals surface area (Å²) in [5.74, 6) is -1.39. The highest BCUT2D eigenvalue weighted by atomic mass is 35.5. The van der Waals surface area contributed by atoms with Crippen molar-refractivity contribution in [2.45, 2.75) is 12.6 Å². The van der Waals surface area contributed by atoms with E-state index in [2.05, 4.69) is 10.6 Å². The van der Waals surface area contributed by atoms with Gasteiger partial charge in [-0.15, -0.1) is 0 Å². The molecule has 0 saturated heterocycles. The summed E-state index contributed by atoms with van der Waals surface area (Å²) in [6, 6.07) is 6.44. The van der Waals surface area contributed by atoms with Crippen LogP contribution in [0.15, 0.2) is 24.3 Å². The Labute approximate surface area is 109 Å². The fourth-order valence-electron chi connectivity index (χ4n) is 1.16. The molecule has 0 aromatic heterocycles. The van der Waals surface area contributed by atoms with Crippen LogP contribution in [0.3, 0.4) is 0 Å². The van der Waals surface area contributed by atoms with E-state index in [0.717, 1.165) is 5.56 Å². The second-order valence-corrected chi connectivity index (χ2v) is 3.92. The maximum Gasteiger partial charge on any atom is 0.334 e. The van der Waals surface area contributed by atoms with Crippen LogP contribution in [0.2, 0.25) is 5.02 Å². The van der Waals surface area contributed by atoms with Gasteiger partial charge in [0.05, 0.1) is 6.54 Å². The average molecular weight is 273 g/mol. The summed E-state index contributed by atoms with van der Waals surface area (Å²) in [4.78, 5) is 21.6. The van der Waals surface area contributed by atoms with E-state index in [1.807, 2.05) is 0 Å². The summed E-state index contributed by atoms with van der Waals surface area (Å²) < 4.78 is 0. The minimum Gasteiger partial charge on any atom is -0.479 e. The number of benzene rings is 1. The van der Waals surface area contributed by atoms with E-state index in [1.54, 1.807) is 24.3 Å². The molecule has 0 saturated carbocycles. The molecule has 1 rings (SSSR count). The van der Waals surface area contributed by atoms with Crippen molar-refractivity contribution >= 4 is 23.6 Å². The maximum absolute atomic E-state index is 11.3. The first-order chi connectivity index (χ1) is 8.50. The Balaban J connectivity index is 2.34. The van der Waals surface area contributed by atoms with Crippen molar-refractivity contribution in [3.05, 3.63) is 34.9 Å². The summed E-state index contributed by atoms with van der Waals surface area (Å²) in [6.45, 7) is -0.141. The van der Waals surface area contributed by atoms with Crippen LogP contribution >= 0.6 is 11.6 Å². The van der Waals surface area contributed by atoms with Crippen molar-refractivity contribution in [1.82, 2.24) is 10.6 Å². The van der Waals surface area contributed by atoms with Gasteiger partial charge >= 0.3 is 12.0 Å². The van der Waals surface area contributed by atoms with Gasteiger partial charge in [-0.05, 0) is 11.6 Å². The molecule has 0 heterocycles. The molecule has 0 aliphatic rings. The molecule has 0 aliphatic heterocycles. The summed E-state index contributed by atoms with van der Waals surface area (Å²) in [5, 5.41) is 22.6. The van der Waals surface area contributed by atoms with Crippen LogP contribution in [0, 0.1) is 0 Å². The van der Waals surface area contributed by atoms with Gasteiger partial charge in [-0.2, -0.15) is 0 Å². The zero-order valence-electron chi connectivity index (χ0n) is 9.39. The van der Waals surface area contributed by atoms with Crippen LogP contribution in [0.1, 0.15) is 5.56 Å². The summed E-state index contributed by atoms with van der Waals surface area (Å²) in [7, 11) is 0. The number of carbonyl (C=O) groups excluding carboxylic acids is 1. The molecular formula is C11H13ClN2O4. The number of urea groups is 1. The third-order valence-corrected chi connectivity index (χ3v) is 2.51. The highest BCUT2D eigenvalue weighted by Gasteiger charge is 2.13. The van der Waals surface area contributed by atoms with Crippen molar-refractivity contribution < 1.29 is 19.8 Å². The molecule has 0 aliphatic carbocycles. The van der Waals surface area contributed by atoms with Gasteiger partial charge in [0.25, 0.3) is 0 Å². The van der Waals surface area contributed by atoms with Crippen molar-refractivity contribution in [1.29, 1.82) is 0 Å². The number of carboxylic acid groups (broad SMARTS) is 1. The number of aliphatic hydroxyl groups is 1. The Morgan fingerprint density at radius 1 is 1.28 bits per heavy atom. The molecule has 1 aromatic carbocycles. The summed E-state index contributed by atoms with van der Waals surface area (Å²) in [6.07, 6.45) is -1.61. The highest BCUT2D eigenvalue weighted by Crippen LogP contribution is 2.13. The molecule has 0 fully saturated rings. The Hall–Kier alpha value is -1.79. The largest absolute Gasteiger partial charge is 0.479 e. The molecule has 4 N–H and O–H groups in total. The molecule has 18 heavy (non-hydrogen) atoms. The van der Waals surface area contributed by atoms with Gasteiger partial charge in [-0.3, -0.25) is 0 Å². The zero-order chi connectivity index (χ0) is 13.5. The first-order valence-electron chi connectivity index (χ1n) is 5.16. The van der Waals surface area contributed by atoms with Gasteiger partial charge in [-0.25, -0.2) is 9.59 Å². The van der Waals surface area contributed by atoms with Crippen LogP contribution in [0.4, 0.5) is 4.79 Å². The van der Waals surface area contributed by atoms with Crippen molar-refractivity contribution in [3.63, 3.8) is 0 Å². The number of rotatable bonds is 5. The lowest BCUT2D eigenvalue weighted by Crippen LogP contribution is -2.41. The number of carboxylic acids is 1. The van der Waals surface area contributed by atoms with Crippen molar-refractivity contribution in [3.8, 4) is 0 Å². The number of carbonyl (C=O) groups is 2. The number of aliphatic carboxylic acids is 1. The SMILES string of the molecule is O=C(NCc1ccccc1Cl)NC[C@H](O)C(=O)O. The standard InChI is InChI=1S/C11H13ClN2O4/c12-8-4-2-1-3-7(8)5-13-11(18)14-6-9(15)10(16)17/h1-4,9,15H,5-6H2,(H,16,17)(H2,13,14,18)/t9-/m0/s1. The number of aliphatic hydroxyl groups excluding tert-OH is 1. The van der Waals surface area contributed by atoms with Gasteiger partial charge in [-0.1, -0.05) is 29.8 Å². The van der Waals surface area contributed by atoms with Gasteiger partial charge in [0.2, 0.25) is 0 Å². The lowest BCUT2D eigenvalue weighted by atomic mass is 10.2. The smallest absolute Gasteiger partial charge is 0.334 e. The minimum absolute atomic E-state index is 0.217. The van der Waals surface area contributed by atoms with E-state index < -0.39 is 18.1 Å². The average Bonchev–Trinajstić information content (AvgIpc) is 2.34. The number of halogens is 1. The Morgan fingerprint density at radius 2 is 1.94 bits per heavy atom. The molecule has 1 aromatic rings. The molecule has 98 valence electrons. The molecule has 0 spiro atoms. The first-order valence-corrected chi connectivity index (χ1v) is 5.54. The molecule has 0 bridgehead atoms. The monoisotopic (exact) mass is 272 g/mol. The molecule has 6 nitrogen and oxygen atoms in total. The van der Waals surface area contributed by atoms with E-state index in [0.29, 0.717) is 5.02 Å². The second kappa shape index (κ2) is 6.83. The van der Waals surface area contributed by atoms with Gasteiger partial charge in [0, 0.05) is 11.6 Å². The lowest BCUT2D eigenvalue weighted by Gasteiger charge is -2.10. The van der Waals surface area contributed by atoms with Crippen LogP contribution in [0.5, 0.6) is 0 Å². The van der Waals surface area contributed by atoms with Crippen LogP contribution in [0.25, 0.3) is 0 Å². The topological polar surface area (TPSA) is 98.7 Å². The highest BCUT2D eigenvalue weighted by molar-refractivity contribution is 6.31. The van der Waals surface area contributed by atoms with E-state index in [9.17, 15) is 9.59 Å². The third kappa shape index (κ3) is 4.60. The Morgan fingerprint density at radius 3 is 2.56 bits per heavy atom. The van der Waals surface area contributed by atoms with E-state index in [4.69, 9.17) is 21.8 Å². The molecule has 7 heteroatoms. The normalized spacial score (nSPS) is 11.7. The molecule has 1 atom stereocenters. The van der Waals surface area contributed by atoms with Crippen molar-refractivity contribution in [2.75, 3.05) is 6.54 Å². The van der Waals surface area contributed by atoms with Crippen LogP contribution in [-0.4, -0.2) is 34.9 Å². The second-order valence-electron chi connectivity index (χ2n) is 3.51. The van der Waals surface area contributed by atoms with Gasteiger partial charge in [0.1, 0.15) is 0 Å². The number of hydrogen-bond donors (Lipinski definition) is 4. The summed E-state index contributed by atoms with van der Waals surface area (Å²) >= 11 is 5.89. The summed E-state index contributed by atoms with van der Waals surface area (Å²) in [5.41, 5.74) is 0.744. The fraction of sp³-hybridized carbons (Fsp3) is 0.273. The van der Waals surface area contributed by atoms with Crippen molar-refractivity contribution in [2.24, 2.45) is 0 Å². The number of amides is 2. The Kier molecular flexibility index (Phi) is 5.41. The number of nitrogens with one attached hydrogen (secondary N) is 2. The lowest BCUT2D eigenvalue weighted by molar-refractivity contribution is -0.146. The molecular weight excluding hydrogens is 260 g/mol. The van der Waals surface area contributed by atoms with E-state index in [1.165, 1.54) is 0 Å². The van der Waals surface area contributed by atoms with E-state index in [-0.39, 0.29) is 13.1 Å². The number of hydrogen-bond acceptors (Lipinski definition) is 3. The fourth-order valence-corrected chi connectivity index (χ4v) is 1.36. The molecule has 2 amide bonds. The van der Waals surface area contributed by atoms with E-state index >= 15 is 0 Å². The molecule has 0 unspecified atom stereocenters. The Bertz CT molecular complexity index is 439. The van der Waals surface area contributed by atoms with Gasteiger partial charge < -0.3 is 20.8 Å². The predicted molar refractivity (Wildman–Crippen MR) is 65.3 cm³/mol. The van der Waals surface area contributed by atoms with Gasteiger partial charge in [0.15, 0.2) is 6.10 Å². The predicted octanol–water partition coefficient (Wildman–Crippen LogP) is 0.585. The first kappa shape index (κ1) is 14.3. The van der Waals surface area contributed by atoms with Crippen LogP contribution < -0.4 is 10.6 Å². The zero-order valence-corrected chi connectivity index (χ0v) is 10.1. The third-order valence-electron chi connectivity index (χ3n) is 2.14. The van der Waals surface area contributed by atoms with Crippen LogP contribution in [-0.2, 0) is 11.3 Å². The quantitative estimate of drug-likeness (QED) is 0.630. The molecule has 0 radical (unpaired) electrons. The maximum atomic E-state index is 11.3. The minimum atomic E-state index is -1.61.